The number of methoxy groups -OCH3 is 1. The van der Waals surface area contributed by atoms with Crippen molar-refractivity contribution < 1.29 is 14.3 Å². The van der Waals surface area contributed by atoms with Gasteiger partial charge in [-0.3, -0.25) is 9.59 Å². The van der Waals surface area contributed by atoms with Gasteiger partial charge in [-0.05, 0) is 25.5 Å². The van der Waals surface area contributed by atoms with Gasteiger partial charge in [0.2, 0.25) is 5.95 Å². The predicted molar refractivity (Wildman–Crippen MR) is 109 cm³/mol. The normalized spacial score (nSPS) is 11.6. The largest absolute Gasteiger partial charge is 0.469 e. The lowest BCUT2D eigenvalue weighted by Crippen LogP contribution is -2.32. The third-order valence-electron chi connectivity index (χ3n) is 4.18. The molecule has 1 aromatic heterocycles. The Balaban J connectivity index is 2.34. The molecule has 0 aliphatic carbocycles. The van der Waals surface area contributed by atoms with Crippen molar-refractivity contribution in [1.82, 2.24) is 15.3 Å². The molecule has 0 saturated carbocycles. The van der Waals surface area contributed by atoms with E-state index in [1.807, 2.05) is 18.7 Å². The van der Waals surface area contributed by atoms with Crippen LogP contribution < -0.4 is 10.2 Å². The fourth-order valence-corrected chi connectivity index (χ4v) is 3.09. The molecule has 9 heteroatoms. The van der Waals surface area contributed by atoms with Gasteiger partial charge in [0.05, 0.1) is 30.8 Å². The number of nitrogens with one attached hydrogen (secondary N) is 1. The summed E-state index contributed by atoms with van der Waals surface area (Å²) in [6.07, 6.45) is 1.31. The first-order valence-electron chi connectivity index (χ1n) is 8.80. The van der Waals surface area contributed by atoms with Gasteiger partial charge in [0.15, 0.2) is 5.69 Å². The molecule has 0 radical (unpaired) electrons. The highest BCUT2D eigenvalue weighted by molar-refractivity contribution is 6.33. The Kier molecular flexibility index (Phi) is 8.02. The molecule has 1 heterocycles. The average Bonchev–Trinajstić information content (AvgIpc) is 2.69. The summed E-state index contributed by atoms with van der Waals surface area (Å²) >= 11 is 12.4. The van der Waals surface area contributed by atoms with Gasteiger partial charge in [-0.25, -0.2) is 9.97 Å². The first-order valence-corrected chi connectivity index (χ1v) is 9.56. The molecule has 1 atom stereocenters. The molecule has 28 heavy (non-hydrogen) atoms. The van der Waals surface area contributed by atoms with Gasteiger partial charge in [-0.15, -0.1) is 0 Å². The lowest BCUT2D eigenvalue weighted by Gasteiger charge is -2.21. The number of nitrogens with zero attached hydrogens (tertiary/aromatic N) is 3. The number of aromatic nitrogens is 2. The lowest BCUT2D eigenvalue weighted by molar-refractivity contribution is -0.141. The molecule has 0 aliphatic heterocycles. The second-order valence-electron chi connectivity index (χ2n) is 5.87. The third kappa shape index (κ3) is 5.33. The van der Waals surface area contributed by atoms with Crippen molar-refractivity contribution in [2.24, 2.45) is 0 Å². The van der Waals surface area contributed by atoms with Crippen LogP contribution in [-0.4, -0.2) is 42.0 Å². The topological polar surface area (TPSA) is 84.4 Å². The highest BCUT2D eigenvalue weighted by atomic mass is 35.5. The number of amides is 1. The van der Waals surface area contributed by atoms with Crippen LogP contribution in [0, 0.1) is 0 Å². The van der Waals surface area contributed by atoms with Crippen LogP contribution in [0.4, 0.5) is 5.95 Å². The van der Waals surface area contributed by atoms with Crippen molar-refractivity contribution >= 4 is 41.0 Å². The summed E-state index contributed by atoms with van der Waals surface area (Å²) in [5.74, 6) is -0.612. The number of benzene rings is 1. The van der Waals surface area contributed by atoms with E-state index >= 15 is 0 Å². The highest BCUT2D eigenvalue weighted by Gasteiger charge is 2.24. The van der Waals surface area contributed by atoms with Crippen LogP contribution in [0.5, 0.6) is 0 Å². The molecular weight excluding hydrogens is 403 g/mol. The molecule has 150 valence electrons. The van der Waals surface area contributed by atoms with E-state index in [2.05, 4.69) is 15.3 Å². The molecule has 2 aromatic rings. The number of carbonyl (C=O) groups is 2. The molecule has 1 N–H and O–H groups in total. The van der Waals surface area contributed by atoms with E-state index in [-0.39, 0.29) is 17.1 Å². The summed E-state index contributed by atoms with van der Waals surface area (Å²) in [6, 6.07) is 6.26. The molecule has 2 rings (SSSR count). The van der Waals surface area contributed by atoms with Gasteiger partial charge in [-0.2, -0.15) is 0 Å². The standard InChI is InChI=1S/C19H22Cl2N4O3/c1-4-25(5-2)19-22-11-14(21)17(24-19)18(27)23-15(10-16(26)28-3)12-8-6-7-9-13(12)20/h6-9,11,15H,4-5,10H2,1-3H3,(H,23,27). The van der Waals surface area contributed by atoms with Crippen LogP contribution in [0.1, 0.15) is 42.4 Å². The summed E-state index contributed by atoms with van der Waals surface area (Å²) in [7, 11) is 1.28. The van der Waals surface area contributed by atoms with Crippen LogP contribution in [0.2, 0.25) is 10.0 Å². The number of esters is 1. The summed E-state index contributed by atoms with van der Waals surface area (Å²) < 4.78 is 4.74. The van der Waals surface area contributed by atoms with Gasteiger partial charge < -0.3 is 15.0 Å². The minimum absolute atomic E-state index is 0.0282. The van der Waals surface area contributed by atoms with E-state index in [0.29, 0.717) is 29.6 Å². The van der Waals surface area contributed by atoms with E-state index in [9.17, 15) is 9.59 Å². The van der Waals surface area contributed by atoms with Crippen LogP contribution >= 0.6 is 23.2 Å². The van der Waals surface area contributed by atoms with Crippen LogP contribution in [0.3, 0.4) is 0 Å². The van der Waals surface area contributed by atoms with Gasteiger partial charge in [0.25, 0.3) is 5.91 Å². The predicted octanol–water partition coefficient (Wildman–Crippen LogP) is 3.66. The SMILES string of the molecule is CCN(CC)c1ncc(Cl)c(C(=O)NC(CC(=O)OC)c2ccccc2Cl)n1. The molecule has 1 amide bonds. The van der Waals surface area contributed by atoms with Crippen LogP contribution in [-0.2, 0) is 9.53 Å². The molecule has 7 nitrogen and oxygen atoms in total. The Hall–Kier alpha value is -2.38. The van der Waals surface area contributed by atoms with Crippen LogP contribution in [0.25, 0.3) is 0 Å². The van der Waals surface area contributed by atoms with E-state index in [4.69, 9.17) is 27.9 Å². The summed E-state index contributed by atoms with van der Waals surface area (Å²) in [5, 5.41) is 3.32. The second-order valence-corrected chi connectivity index (χ2v) is 6.68. The minimum atomic E-state index is -0.698. The maximum absolute atomic E-state index is 12.9. The smallest absolute Gasteiger partial charge is 0.307 e. The molecule has 1 aromatic carbocycles. The fourth-order valence-electron chi connectivity index (χ4n) is 2.65. The van der Waals surface area contributed by atoms with Crippen molar-refractivity contribution in [2.45, 2.75) is 26.3 Å². The molecular formula is C19H22Cl2N4O3. The van der Waals surface area contributed by atoms with E-state index < -0.39 is 17.9 Å². The van der Waals surface area contributed by atoms with Crippen LogP contribution in [0.15, 0.2) is 30.5 Å². The maximum Gasteiger partial charge on any atom is 0.307 e. The fraction of sp³-hybridized carbons (Fsp3) is 0.368. The average molecular weight is 425 g/mol. The van der Waals surface area contributed by atoms with Crippen molar-refractivity contribution in [3.8, 4) is 0 Å². The second kappa shape index (κ2) is 10.2. The first-order chi connectivity index (χ1) is 13.4. The number of hydrogen-bond acceptors (Lipinski definition) is 6. The number of anilines is 1. The Morgan fingerprint density at radius 3 is 2.46 bits per heavy atom. The van der Waals surface area contributed by atoms with Crippen molar-refractivity contribution in [3.05, 3.63) is 51.8 Å². The first kappa shape index (κ1) is 21.9. The maximum atomic E-state index is 12.9. The minimum Gasteiger partial charge on any atom is -0.469 e. The Bertz CT molecular complexity index is 844. The van der Waals surface area contributed by atoms with Gasteiger partial charge in [-0.1, -0.05) is 41.4 Å². The molecule has 0 spiro atoms. The number of halogens is 2. The molecule has 0 bridgehead atoms. The zero-order valence-electron chi connectivity index (χ0n) is 15.9. The number of ether oxygens (including phenoxy) is 1. The monoisotopic (exact) mass is 424 g/mol. The van der Waals surface area contributed by atoms with Crippen molar-refractivity contribution in [2.75, 3.05) is 25.1 Å². The Morgan fingerprint density at radius 2 is 1.86 bits per heavy atom. The Labute approximate surface area is 174 Å². The van der Waals surface area contributed by atoms with Gasteiger partial charge in [0, 0.05) is 18.1 Å². The number of hydrogen-bond donors (Lipinski definition) is 1. The number of rotatable bonds is 8. The summed E-state index contributed by atoms with van der Waals surface area (Å²) in [4.78, 5) is 35.1. The van der Waals surface area contributed by atoms with Crippen molar-refractivity contribution in [1.29, 1.82) is 0 Å². The molecule has 0 aliphatic rings. The van der Waals surface area contributed by atoms with E-state index in [1.54, 1.807) is 24.3 Å². The third-order valence-corrected chi connectivity index (χ3v) is 4.80. The molecule has 0 saturated heterocycles. The summed E-state index contributed by atoms with van der Waals surface area (Å²) in [5.41, 5.74) is 0.623. The van der Waals surface area contributed by atoms with E-state index in [0.717, 1.165) is 0 Å². The molecule has 1 unspecified atom stereocenters. The lowest BCUT2D eigenvalue weighted by atomic mass is 10.0. The number of carbonyl (C=O) groups excluding carboxylic acids is 2. The van der Waals surface area contributed by atoms with Gasteiger partial charge >= 0.3 is 5.97 Å². The zero-order chi connectivity index (χ0) is 20.7. The van der Waals surface area contributed by atoms with Gasteiger partial charge in [0.1, 0.15) is 0 Å². The Morgan fingerprint density at radius 1 is 1.18 bits per heavy atom. The zero-order valence-corrected chi connectivity index (χ0v) is 17.4. The quantitative estimate of drug-likeness (QED) is 0.650. The van der Waals surface area contributed by atoms with Crippen molar-refractivity contribution in [3.63, 3.8) is 0 Å². The van der Waals surface area contributed by atoms with E-state index in [1.165, 1.54) is 13.3 Å². The highest BCUT2D eigenvalue weighted by Crippen LogP contribution is 2.26. The summed E-state index contributed by atoms with van der Waals surface area (Å²) in [6.45, 7) is 5.30. The molecule has 0 fully saturated rings.